The minimum atomic E-state index is -2.88. The summed E-state index contributed by atoms with van der Waals surface area (Å²) in [4.78, 5) is 0. The number of ether oxygens (including phenoxy) is 1. The zero-order chi connectivity index (χ0) is 10.2. The summed E-state index contributed by atoms with van der Waals surface area (Å²) in [7, 11) is 0. The molecule has 0 radical (unpaired) electrons. The van der Waals surface area contributed by atoms with E-state index < -0.39 is 37.0 Å². The van der Waals surface area contributed by atoms with Crippen LogP contribution in [0.5, 0.6) is 0 Å². The molecule has 1 aliphatic rings. The Bertz CT molecular complexity index is 182. The minimum Gasteiger partial charge on any atom is -0.394 e. The second-order valence-electron chi connectivity index (χ2n) is 2.92. The topological polar surface area (TPSA) is 131 Å². The standard InChI is InChI=1S/C6H12O7/c7-1-2-3(8)6(11,12)4(9)5(10)13-2/h2-5,7-12H,1H2/t2-,3-,4-,5+/m1/s1. The first-order valence-electron chi connectivity index (χ1n) is 3.66. The lowest BCUT2D eigenvalue weighted by molar-refractivity contribution is -0.381. The van der Waals surface area contributed by atoms with Gasteiger partial charge < -0.3 is 35.4 Å². The van der Waals surface area contributed by atoms with E-state index in [-0.39, 0.29) is 0 Å². The highest BCUT2D eigenvalue weighted by Gasteiger charge is 2.53. The minimum absolute atomic E-state index is 0.701. The maximum atomic E-state index is 9.13. The average molecular weight is 196 g/mol. The molecule has 1 rings (SSSR count). The highest BCUT2D eigenvalue weighted by molar-refractivity contribution is 4.93. The van der Waals surface area contributed by atoms with Gasteiger partial charge in [-0.25, -0.2) is 0 Å². The molecule has 0 aliphatic carbocycles. The van der Waals surface area contributed by atoms with Gasteiger partial charge >= 0.3 is 0 Å². The van der Waals surface area contributed by atoms with Gasteiger partial charge in [0.15, 0.2) is 12.4 Å². The van der Waals surface area contributed by atoms with Crippen LogP contribution in [0.2, 0.25) is 0 Å². The molecule has 4 atom stereocenters. The first-order valence-corrected chi connectivity index (χ1v) is 3.66. The van der Waals surface area contributed by atoms with Crippen molar-refractivity contribution in [2.24, 2.45) is 0 Å². The summed E-state index contributed by atoms with van der Waals surface area (Å²) in [5.74, 6) is -2.88. The van der Waals surface area contributed by atoms with Gasteiger partial charge in [0.05, 0.1) is 6.61 Å². The maximum absolute atomic E-state index is 9.13. The maximum Gasteiger partial charge on any atom is 0.224 e. The van der Waals surface area contributed by atoms with E-state index in [4.69, 9.17) is 30.6 Å². The van der Waals surface area contributed by atoms with Crippen LogP contribution in [-0.4, -0.2) is 67.6 Å². The fraction of sp³-hybridized carbons (Fsp3) is 1.00. The summed E-state index contributed by atoms with van der Waals surface area (Å²) in [5.41, 5.74) is 0. The quantitative estimate of drug-likeness (QED) is 0.236. The van der Waals surface area contributed by atoms with Crippen LogP contribution in [0, 0.1) is 0 Å². The first kappa shape index (κ1) is 10.8. The third-order valence-corrected chi connectivity index (χ3v) is 1.99. The zero-order valence-electron chi connectivity index (χ0n) is 6.61. The van der Waals surface area contributed by atoms with Crippen molar-refractivity contribution in [3.05, 3.63) is 0 Å². The Morgan fingerprint density at radius 3 is 2.08 bits per heavy atom. The Hall–Kier alpha value is -0.280. The predicted molar refractivity (Wildman–Crippen MR) is 37.1 cm³/mol. The Kier molecular flexibility index (Phi) is 2.88. The molecular weight excluding hydrogens is 184 g/mol. The van der Waals surface area contributed by atoms with Crippen molar-refractivity contribution in [3.8, 4) is 0 Å². The summed E-state index contributed by atoms with van der Waals surface area (Å²) >= 11 is 0. The van der Waals surface area contributed by atoms with Gasteiger partial charge in [0.25, 0.3) is 0 Å². The molecule has 0 spiro atoms. The number of aliphatic hydroxyl groups excluding tert-OH is 4. The Labute approximate surface area is 73.4 Å². The second kappa shape index (κ2) is 3.46. The number of hydrogen-bond donors (Lipinski definition) is 6. The van der Waals surface area contributed by atoms with Crippen molar-refractivity contribution in [3.63, 3.8) is 0 Å². The molecule has 0 unspecified atom stereocenters. The van der Waals surface area contributed by atoms with Gasteiger partial charge in [-0.2, -0.15) is 0 Å². The summed E-state index contributed by atoms with van der Waals surface area (Å²) in [5, 5.41) is 53.8. The van der Waals surface area contributed by atoms with Crippen molar-refractivity contribution in [2.45, 2.75) is 30.4 Å². The molecule has 13 heavy (non-hydrogen) atoms. The molecular formula is C6H12O7. The number of aliphatic hydroxyl groups is 6. The summed E-state index contributed by atoms with van der Waals surface area (Å²) in [6, 6.07) is 0. The lowest BCUT2D eigenvalue weighted by Gasteiger charge is -2.42. The van der Waals surface area contributed by atoms with Crippen LogP contribution in [0.1, 0.15) is 0 Å². The van der Waals surface area contributed by atoms with E-state index in [1.165, 1.54) is 0 Å². The SMILES string of the molecule is OC[C@H]1O[C@H](O)[C@@H](O)C(O)(O)[C@@H]1O. The van der Waals surface area contributed by atoms with Crippen molar-refractivity contribution in [1.82, 2.24) is 0 Å². The first-order chi connectivity index (χ1) is 5.91. The van der Waals surface area contributed by atoms with E-state index in [0.717, 1.165) is 0 Å². The van der Waals surface area contributed by atoms with E-state index >= 15 is 0 Å². The number of rotatable bonds is 1. The average Bonchev–Trinajstić information content (AvgIpc) is 2.09. The van der Waals surface area contributed by atoms with E-state index in [0.29, 0.717) is 0 Å². The highest BCUT2D eigenvalue weighted by Crippen LogP contribution is 2.26. The molecule has 1 aliphatic heterocycles. The monoisotopic (exact) mass is 196 g/mol. The van der Waals surface area contributed by atoms with Crippen LogP contribution in [0.15, 0.2) is 0 Å². The van der Waals surface area contributed by atoms with E-state index in [1.54, 1.807) is 0 Å². The largest absolute Gasteiger partial charge is 0.394 e. The molecule has 0 aromatic heterocycles. The van der Waals surface area contributed by atoms with Crippen LogP contribution in [-0.2, 0) is 4.74 Å². The van der Waals surface area contributed by atoms with Crippen molar-refractivity contribution >= 4 is 0 Å². The second-order valence-corrected chi connectivity index (χ2v) is 2.92. The molecule has 6 N–H and O–H groups in total. The van der Waals surface area contributed by atoms with E-state index in [2.05, 4.69) is 4.74 Å². The molecule has 1 fully saturated rings. The molecule has 0 saturated carbocycles. The smallest absolute Gasteiger partial charge is 0.224 e. The van der Waals surface area contributed by atoms with Gasteiger partial charge in [0, 0.05) is 0 Å². The lowest BCUT2D eigenvalue weighted by Crippen LogP contribution is -2.67. The van der Waals surface area contributed by atoms with E-state index in [1.807, 2.05) is 0 Å². The van der Waals surface area contributed by atoms with Crippen LogP contribution >= 0.6 is 0 Å². The highest BCUT2D eigenvalue weighted by atomic mass is 16.7. The van der Waals surface area contributed by atoms with Crippen LogP contribution in [0.3, 0.4) is 0 Å². The van der Waals surface area contributed by atoms with Gasteiger partial charge in [-0.3, -0.25) is 0 Å². The van der Waals surface area contributed by atoms with Crippen molar-refractivity contribution in [1.29, 1.82) is 0 Å². The van der Waals surface area contributed by atoms with Gasteiger partial charge in [-0.05, 0) is 0 Å². The number of hydrogen-bond acceptors (Lipinski definition) is 7. The fourth-order valence-corrected chi connectivity index (χ4v) is 1.13. The summed E-state index contributed by atoms with van der Waals surface area (Å²) < 4.78 is 4.48. The van der Waals surface area contributed by atoms with Crippen LogP contribution < -0.4 is 0 Å². The molecule has 0 aromatic carbocycles. The molecule has 7 nitrogen and oxygen atoms in total. The molecule has 0 aromatic rings. The molecule has 78 valence electrons. The van der Waals surface area contributed by atoms with Gasteiger partial charge in [0.2, 0.25) is 5.79 Å². The molecule has 1 saturated heterocycles. The fourth-order valence-electron chi connectivity index (χ4n) is 1.13. The Balaban J connectivity index is 2.82. The van der Waals surface area contributed by atoms with Crippen molar-refractivity contribution < 1.29 is 35.4 Å². The summed E-state index contributed by atoms with van der Waals surface area (Å²) in [6.07, 6.45) is -7.11. The van der Waals surface area contributed by atoms with Crippen LogP contribution in [0.4, 0.5) is 0 Å². The third-order valence-electron chi connectivity index (χ3n) is 1.99. The predicted octanol–water partition coefficient (Wildman–Crippen LogP) is -3.90. The summed E-state index contributed by atoms with van der Waals surface area (Å²) in [6.45, 7) is -0.701. The Morgan fingerprint density at radius 2 is 1.62 bits per heavy atom. The van der Waals surface area contributed by atoms with Gasteiger partial charge in [0.1, 0.15) is 12.2 Å². The van der Waals surface area contributed by atoms with Gasteiger partial charge in [-0.15, -0.1) is 0 Å². The molecule has 1 heterocycles. The van der Waals surface area contributed by atoms with E-state index in [9.17, 15) is 0 Å². The van der Waals surface area contributed by atoms with Crippen molar-refractivity contribution in [2.75, 3.05) is 6.61 Å². The molecule has 7 heteroatoms. The normalized spacial score (nSPS) is 44.8. The molecule has 0 amide bonds. The van der Waals surface area contributed by atoms with Gasteiger partial charge in [-0.1, -0.05) is 0 Å². The van der Waals surface area contributed by atoms with Crippen LogP contribution in [0.25, 0.3) is 0 Å². The molecule has 0 bridgehead atoms. The Morgan fingerprint density at radius 1 is 1.08 bits per heavy atom. The lowest BCUT2D eigenvalue weighted by atomic mass is 9.95. The third kappa shape index (κ3) is 1.67. The zero-order valence-corrected chi connectivity index (χ0v) is 6.61.